The number of carbonyl (C=O) groups excluding carboxylic acids is 1. The van der Waals surface area contributed by atoms with Crippen LogP contribution in [0.3, 0.4) is 0 Å². The lowest BCUT2D eigenvalue weighted by molar-refractivity contribution is -0.298. The van der Waals surface area contributed by atoms with Gasteiger partial charge in [-0.2, -0.15) is 8.42 Å². The van der Waals surface area contributed by atoms with Gasteiger partial charge in [0.05, 0.1) is 25.4 Å². The van der Waals surface area contributed by atoms with Gasteiger partial charge in [-0.05, 0) is 38.5 Å². The molecule has 0 aromatic carbocycles. The molecule has 7 unspecified atom stereocenters. The zero-order chi connectivity index (χ0) is 51.2. The van der Waals surface area contributed by atoms with Crippen LogP contribution >= 0.6 is 0 Å². The average molecular weight is 1020 g/mol. The molecule has 1 heterocycles. The molecule has 0 aromatic heterocycles. The van der Waals surface area contributed by atoms with E-state index in [1.54, 1.807) is 0 Å². The van der Waals surface area contributed by atoms with Crippen LogP contribution < -0.4 is 5.32 Å². The first-order valence-electron chi connectivity index (χ1n) is 29.6. The number of unbranched alkanes of at least 4 members (excludes halogenated alkanes) is 38. The first-order valence-corrected chi connectivity index (χ1v) is 30.9. The SMILES string of the molecule is CCCCCCCCCCC/C=C\CCCCCCCC(=O)NC(COC1OC(CO)C(O)C(OS(=O)(=O)O)C1O)C(O)CCCCCCCCCCCCCCCCCCCCCCCCCCC. The molecular formula is C57H111NO11S. The smallest absolute Gasteiger partial charge is 0.394 e. The Morgan fingerprint density at radius 2 is 0.914 bits per heavy atom. The summed E-state index contributed by atoms with van der Waals surface area (Å²) in [4.78, 5) is 13.1. The van der Waals surface area contributed by atoms with Gasteiger partial charge in [0.2, 0.25) is 5.91 Å². The molecule has 1 rings (SSSR count). The van der Waals surface area contributed by atoms with Gasteiger partial charge in [-0.3, -0.25) is 9.35 Å². The van der Waals surface area contributed by atoms with Gasteiger partial charge >= 0.3 is 10.4 Å². The van der Waals surface area contributed by atoms with Crippen molar-refractivity contribution in [3.63, 3.8) is 0 Å². The molecule has 70 heavy (non-hydrogen) atoms. The molecule has 1 aliphatic rings. The quantitative estimate of drug-likeness (QED) is 0.0193. The van der Waals surface area contributed by atoms with Crippen molar-refractivity contribution >= 4 is 16.3 Å². The zero-order valence-electron chi connectivity index (χ0n) is 45.1. The number of nitrogens with one attached hydrogen (secondary N) is 1. The lowest BCUT2D eigenvalue weighted by Crippen LogP contribution is -2.61. The first-order chi connectivity index (χ1) is 34.0. The second-order valence-corrected chi connectivity index (χ2v) is 22.0. The van der Waals surface area contributed by atoms with Crippen LogP contribution in [0.2, 0.25) is 0 Å². The normalized spacial score (nSPS) is 19.6. The van der Waals surface area contributed by atoms with Gasteiger partial charge in [0.1, 0.15) is 24.4 Å². The van der Waals surface area contributed by atoms with Gasteiger partial charge < -0.3 is 35.2 Å². The molecule has 1 amide bonds. The summed E-state index contributed by atoms with van der Waals surface area (Å²) >= 11 is 0. The summed E-state index contributed by atoms with van der Waals surface area (Å²) in [5.41, 5.74) is 0. The summed E-state index contributed by atoms with van der Waals surface area (Å²) < 4.78 is 47.9. The third kappa shape index (κ3) is 39.3. The van der Waals surface area contributed by atoms with Gasteiger partial charge in [-0.15, -0.1) is 0 Å². The van der Waals surface area contributed by atoms with E-state index in [2.05, 4.69) is 35.5 Å². The maximum Gasteiger partial charge on any atom is 0.397 e. The fraction of sp³-hybridized carbons (Fsp3) is 0.947. The standard InChI is InChI=1S/C57H111NO11S/c1-3-5-7-9-11-13-15-17-19-21-23-24-25-26-27-28-29-30-32-34-36-38-40-42-44-46-51(60)50(49-67-57-55(63)56(69-70(64,65)66)54(62)52(48-59)68-57)58-53(61)47-45-43-41-39-37-35-33-31-22-20-18-16-14-12-10-8-6-4-2/h31,33,50-52,54-57,59-60,62-63H,3-30,32,34-49H2,1-2H3,(H,58,61)(H,64,65,66)/b33-31-. The average Bonchev–Trinajstić information content (AvgIpc) is 3.33. The predicted molar refractivity (Wildman–Crippen MR) is 287 cm³/mol. The number of carbonyl (C=O) groups is 1. The van der Waals surface area contributed by atoms with Crippen LogP contribution in [0.5, 0.6) is 0 Å². The second kappa shape index (κ2) is 47.5. The minimum Gasteiger partial charge on any atom is -0.394 e. The first kappa shape index (κ1) is 66.9. The molecule has 0 radical (unpaired) electrons. The number of aliphatic hydroxyl groups is 4. The van der Waals surface area contributed by atoms with Crippen LogP contribution in [0.4, 0.5) is 0 Å². The van der Waals surface area contributed by atoms with E-state index in [1.807, 2.05) is 0 Å². The van der Waals surface area contributed by atoms with Gasteiger partial charge in [0, 0.05) is 6.42 Å². The van der Waals surface area contributed by atoms with Crippen LogP contribution in [-0.2, 0) is 28.9 Å². The van der Waals surface area contributed by atoms with E-state index in [0.29, 0.717) is 12.8 Å². The maximum atomic E-state index is 13.1. The Labute approximate surface area is 430 Å². The van der Waals surface area contributed by atoms with Crippen LogP contribution in [-0.4, -0.2) is 95.4 Å². The van der Waals surface area contributed by atoms with Gasteiger partial charge in [0.25, 0.3) is 0 Å². The van der Waals surface area contributed by atoms with Crippen molar-refractivity contribution in [3.05, 3.63) is 12.2 Å². The molecule has 0 bridgehead atoms. The van der Waals surface area contributed by atoms with Crippen molar-refractivity contribution in [1.82, 2.24) is 5.32 Å². The summed E-state index contributed by atoms with van der Waals surface area (Å²) in [6.45, 7) is 3.49. The molecule has 0 aromatic rings. The molecule has 1 saturated heterocycles. The topological polar surface area (TPSA) is 192 Å². The third-order valence-corrected chi connectivity index (χ3v) is 14.8. The van der Waals surface area contributed by atoms with Crippen LogP contribution in [0.25, 0.3) is 0 Å². The predicted octanol–water partition coefficient (Wildman–Crippen LogP) is 13.8. The van der Waals surface area contributed by atoms with Crippen molar-refractivity contribution < 1.29 is 51.8 Å². The van der Waals surface area contributed by atoms with E-state index < -0.39 is 59.9 Å². The highest BCUT2D eigenvalue weighted by molar-refractivity contribution is 7.80. The van der Waals surface area contributed by atoms with Crippen LogP contribution in [0.15, 0.2) is 12.2 Å². The Morgan fingerprint density at radius 3 is 1.29 bits per heavy atom. The molecular weight excluding hydrogens is 907 g/mol. The monoisotopic (exact) mass is 1020 g/mol. The summed E-state index contributed by atoms with van der Waals surface area (Å²) in [5, 5.41) is 45.1. The molecule has 7 atom stereocenters. The molecule has 12 nitrogen and oxygen atoms in total. The minimum atomic E-state index is -5.08. The molecule has 416 valence electrons. The number of amides is 1. The number of aliphatic hydroxyl groups excluding tert-OH is 4. The van der Waals surface area contributed by atoms with Crippen molar-refractivity contribution in [2.45, 2.75) is 333 Å². The van der Waals surface area contributed by atoms with Crippen molar-refractivity contribution in [3.8, 4) is 0 Å². The van der Waals surface area contributed by atoms with E-state index in [-0.39, 0.29) is 18.9 Å². The second-order valence-electron chi connectivity index (χ2n) is 20.9. The van der Waals surface area contributed by atoms with E-state index >= 15 is 0 Å². The lowest BCUT2D eigenvalue weighted by atomic mass is 9.99. The Bertz CT molecular complexity index is 1290. The van der Waals surface area contributed by atoms with Gasteiger partial charge in [0.15, 0.2) is 6.29 Å². The molecule has 0 spiro atoms. The zero-order valence-corrected chi connectivity index (χ0v) is 45.9. The molecule has 6 N–H and O–H groups in total. The highest BCUT2D eigenvalue weighted by Crippen LogP contribution is 2.26. The Balaban J connectivity index is 2.33. The Hall–Kier alpha value is -1.16. The van der Waals surface area contributed by atoms with Gasteiger partial charge in [-0.1, -0.05) is 257 Å². The molecule has 1 aliphatic heterocycles. The van der Waals surface area contributed by atoms with Gasteiger partial charge in [-0.25, -0.2) is 4.18 Å². The summed E-state index contributed by atoms with van der Waals surface area (Å²) in [7, 11) is -5.08. The Kier molecular flexibility index (Phi) is 45.4. The number of hydrogen-bond donors (Lipinski definition) is 6. The molecule has 1 fully saturated rings. The Morgan fingerprint density at radius 1 is 0.557 bits per heavy atom. The van der Waals surface area contributed by atoms with E-state index in [1.165, 1.54) is 193 Å². The van der Waals surface area contributed by atoms with Crippen molar-refractivity contribution in [2.75, 3.05) is 13.2 Å². The minimum absolute atomic E-state index is 0.233. The fourth-order valence-electron chi connectivity index (χ4n) is 9.75. The highest BCUT2D eigenvalue weighted by atomic mass is 32.3. The third-order valence-electron chi connectivity index (χ3n) is 14.3. The maximum absolute atomic E-state index is 13.1. The van der Waals surface area contributed by atoms with Crippen molar-refractivity contribution in [1.29, 1.82) is 0 Å². The molecule has 13 heteroatoms. The van der Waals surface area contributed by atoms with E-state index in [0.717, 1.165) is 64.2 Å². The highest BCUT2D eigenvalue weighted by Gasteiger charge is 2.48. The van der Waals surface area contributed by atoms with Crippen LogP contribution in [0, 0.1) is 0 Å². The summed E-state index contributed by atoms with van der Waals surface area (Å²) in [5.74, 6) is -0.233. The van der Waals surface area contributed by atoms with Crippen molar-refractivity contribution in [2.24, 2.45) is 0 Å². The molecule has 0 aliphatic carbocycles. The number of rotatable bonds is 52. The summed E-state index contributed by atoms with van der Waals surface area (Å²) in [6.07, 6.45) is 47.9. The largest absolute Gasteiger partial charge is 0.397 e. The number of allylic oxidation sites excluding steroid dienone is 2. The molecule has 0 saturated carbocycles. The number of ether oxygens (including phenoxy) is 2. The summed E-state index contributed by atoms with van der Waals surface area (Å²) in [6, 6.07) is -0.861. The van der Waals surface area contributed by atoms with E-state index in [9.17, 15) is 38.2 Å². The lowest BCUT2D eigenvalue weighted by Gasteiger charge is -2.41. The van der Waals surface area contributed by atoms with E-state index in [4.69, 9.17) is 9.47 Å². The number of hydrogen-bond acceptors (Lipinski definition) is 10. The van der Waals surface area contributed by atoms with Crippen LogP contribution in [0.1, 0.15) is 290 Å². The fourth-order valence-corrected chi connectivity index (χ4v) is 10.3.